The van der Waals surface area contributed by atoms with Gasteiger partial charge in [0.2, 0.25) is 5.91 Å². The Morgan fingerprint density at radius 2 is 2.04 bits per heavy atom. The molecule has 0 bridgehead atoms. The van der Waals surface area contributed by atoms with Gasteiger partial charge in [0.15, 0.2) is 0 Å². The molecule has 1 spiro atoms. The Balaban J connectivity index is 1.44. The Morgan fingerprint density at radius 3 is 2.64 bits per heavy atom. The number of nitrogens with zero attached hydrogens (tertiary/aromatic N) is 3. The van der Waals surface area contributed by atoms with Gasteiger partial charge in [-0.3, -0.25) is 4.79 Å². The highest BCUT2D eigenvalue weighted by Gasteiger charge is 2.54. The molecule has 7 nitrogen and oxygen atoms in total. The van der Waals surface area contributed by atoms with E-state index in [0.29, 0.717) is 25.7 Å². The van der Waals surface area contributed by atoms with Gasteiger partial charge >= 0.3 is 6.03 Å². The van der Waals surface area contributed by atoms with Crippen LogP contribution in [-0.4, -0.2) is 91.3 Å². The number of hydrogen-bond donors (Lipinski definition) is 0. The van der Waals surface area contributed by atoms with Gasteiger partial charge in [0.25, 0.3) is 0 Å². The molecule has 0 radical (unpaired) electrons. The lowest BCUT2D eigenvalue weighted by Gasteiger charge is -2.42. The highest BCUT2D eigenvalue weighted by Crippen LogP contribution is 2.39. The van der Waals surface area contributed by atoms with E-state index in [0.717, 1.165) is 58.3 Å². The molecule has 0 N–H and O–H groups in total. The van der Waals surface area contributed by atoms with Crippen molar-refractivity contribution in [2.75, 3.05) is 53.1 Å². The standard InChI is InChI=1S/C18H29N3O4/c1-24-11-9-20-12-18(6-10-25-13-18)21(17(20)23)15-4-7-19(8-5-15)16(22)14-2-3-14/h14-15H,2-13H2,1H3. The summed E-state index contributed by atoms with van der Waals surface area (Å²) in [5.74, 6) is 0.607. The number of urea groups is 1. The molecule has 4 fully saturated rings. The summed E-state index contributed by atoms with van der Waals surface area (Å²) in [5, 5.41) is 0. The molecule has 3 saturated heterocycles. The van der Waals surface area contributed by atoms with Crippen LogP contribution in [-0.2, 0) is 14.3 Å². The van der Waals surface area contributed by atoms with Gasteiger partial charge in [-0.1, -0.05) is 0 Å². The highest BCUT2D eigenvalue weighted by molar-refractivity contribution is 5.81. The topological polar surface area (TPSA) is 62.3 Å². The zero-order valence-corrected chi connectivity index (χ0v) is 15.1. The van der Waals surface area contributed by atoms with E-state index in [9.17, 15) is 9.59 Å². The number of ether oxygens (including phenoxy) is 2. The first-order valence-electron chi connectivity index (χ1n) is 9.58. The van der Waals surface area contributed by atoms with Crippen LogP contribution >= 0.6 is 0 Å². The van der Waals surface area contributed by atoms with Crippen molar-refractivity contribution in [1.82, 2.24) is 14.7 Å². The van der Waals surface area contributed by atoms with Crippen molar-refractivity contribution in [1.29, 1.82) is 0 Å². The van der Waals surface area contributed by atoms with Crippen LogP contribution in [0.1, 0.15) is 32.1 Å². The largest absolute Gasteiger partial charge is 0.383 e. The van der Waals surface area contributed by atoms with Crippen LogP contribution in [0.25, 0.3) is 0 Å². The summed E-state index contributed by atoms with van der Waals surface area (Å²) in [6.45, 7) is 4.83. The molecule has 3 aliphatic heterocycles. The molecular weight excluding hydrogens is 322 g/mol. The van der Waals surface area contributed by atoms with Gasteiger partial charge in [0.1, 0.15) is 0 Å². The summed E-state index contributed by atoms with van der Waals surface area (Å²) in [5.41, 5.74) is -0.182. The number of hydrogen-bond acceptors (Lipinski definition) is 4. The number of carbonyl (C=O) groups excluding carboxylic acids is 2. The first-order chi connectivity index (χ1) is 12.1. The van der Waals surface area contributed by atoms with Crippen molar-refractivity contribution in [3.05, 3.63) is 0 Å². The second kappa shape index (κ2) is 6.76. The summed E-state index contributed by atoms with van der Waals surface area (Å²) in [4.78, 5) is 31.4. The molecule has 0 aromatic heterocycles. The molecule has 1 unspecified atom stereocenters. The Bertz CT molecular complexity index is 522. The summed E-state index contributed by atoms with van der Waals surface area (Å²) < 4.78 is 10.9. The molecular formula is C18H29N3O4. The Labute approximate surface area is 149 Å². The first kappa shape index (κ1) is 17.1. The number of likely N-dealkylation sites (tertiary alicyclic amines) is 1. The van der Waals surface area contributed by atoms with Crippen molar-refractivity contribution in [2.24, 2.45) is 5.92 Å². The van der Waals surface area contributed by atoms with Gasteiger partial charge in [0.05, 0.1) is 18.8 Å². The van der Waals surface area contributed by atoms with Gasteiger partial charge in [-0.2, -0.15) is 0 Å². The third-order valence-corrected chi connectivity index (χ3v) is 6.19. The summed E-state index contributed by atoms with van der Waals surface area (Å²) >= 11 is 0. The molecule has 4 rings (SSSR count). The molecule has 1 saturated carbocycles. The lowest BCUT2D eigenvalue weighted by molar-refractivity contribution is -0.134. The van der Waals surface area contributed by atoms with E-state index in [1.54, 1.807) is 7.11 Å². The van der Waals surface area contributed by atoms with Crippen molar-refractivity contribution in [2.45, 2.75) is 43.7 Å². The fraction of sp³-hybridized carbons (Fsp3) is 0.889. The summed E-state index contributed by atoms with van der Waals surface area (Å²) in [6.07, 6.45) is 4.77. The van der Waals surface area contributed by atoms with Crippen molar-refractivity contribution >= 4 is 11.9 Å². The second-order valence-electron chi connectivity index (χ2n) is 7.92. The van der Waals surface area contributed by atoms with E-state index in [1.165, 1.54) is 0 Å². The smallest absolute Gasteiger partial charge is 0.321 e. The number of piperidine rings is 1. The monoisotopic (exact) mass is 351 g/mol. The molecule has 25 heavy (non-hydrogen) atoms. The molecule has 1 aliphatic carbocycles. The lowest BCUT2D eigenvalue weighted by Crippen LogP contribution is -2.56. The molecule has 140 valence electrons. The van der Waals surface area contributed by atoms with Gasteiger partial charge in [-0.05, 0) is 32.1 Å². The minimum absolute atomic E-state index is 0.120. The van der Waals surface area contributed by atoms with Crippen LogP contribution in [0.5, 0.6) is 0 Å². The van der Waals surface area contributed by atoms with Crippen LogP contribution in [0.2, 0.25) is 0 Å². The van der Waals surface area contributed by atoms with Gasteiger partial charge in [-0.15, -0.1) is 0 Å². The van der Waals surface area contributed by atoms with Crippen molar-refractivity contribution < 1.29 is 19.1 Å². The van der Waals surface area contributed by atoms with E-state index >= 15 is 0 Å². The number of carbonyl (C=O) groups is 2. The third-order valence-electron chi connectivity index (χ3n) is 6.19. The molecule has 7 heteroatoms. The molecule has 0 aromatic carbocycles. The maximum Gasteiger partial charge on any atom is 0.321 e. The first-order valence-corrected chi connectivity index (χ1v) is 9.58. The fourth-order valence-corrected chi connectivity index (χ4v) is 4.62. The Kier molecular flexibility index (Phi) is 4.62. The highest BCUT2D eigenvalue weighted by atomic mass is 16.5. The minimum Gasteiger partial charge on any atom is -0.383 e. The van der Waals surface area contributed by atoms with Crippen LogP contribution < -0.4 is 0 Å². The van der Waals surface area contributed by atoms with Gasteiger partial charge < -0.3 is 24.2 Å². The average Bonchev–Trinajstić information content (AvgIpc) is 3.32. The summed E-state index contributed by atoms with van der Waals surface area (Å²) in [7, 11) is 1.67. The quantitative estimate of drug-likeness (QED) is 0.739. The SMILES string of the molecule is COCCN1CC2(CCOC2)N(C2CCN(C(=O)C3CC3)CC2)C1=O. The van der Waals surface area contributed by atoms with E-state index in [4.69, 9.17) is 9.47 Å². The zero-order valence-electron chi connectivity index (χ0n) is 15.1. The molecule has 3 amide bonds. The predicted molar refractivity (Wildman–Crippen MR) is 91.2 cm³/mol. The molecule has 4 aliphatic rings. The van der Waals surface area contributed by atoms with Crippen LogP contribution in [0, 0.1) is 5.92 Å². The number of rotatable bonds is 5. The summed E-state index contributed by atoms with van der Waals surface area (Å²) in [6, 6.07) is 0.333. The zero-order chi connectivity index (χ0) is 17.4. The van der Waals surface area contributed by atoms with E-state index < -0.39 is 0 Å². The molecule has 0 aromatic rings. The van der Waals surface area contributed by atoms with E-state index in [-0.39, 0.29) is 23.5 Å². The maximum atomic E-state index is 13.1. The van der Waals surface area contributed by atoms with E-state index in [2.05, 4.69) is 4.90 Å². The average molecular weight is 351 g/mol. The van der Waals surface area contributed by atoms with Crippen molar-refractivity contribution in [3.8, 4) is 0 Å². The van der Waals surface area contributed by atoms with Gasteiger partial charge in [-0.25, -0.2) is 4.79 Å². The van der Waals surface area contributed by atoms with Crippen molar-refractivity contribution in [3.63, 3.8) is 0 Å². The van der Waals surface area contributed by atoms with Gasteiger partial charge in [0, 0.05) is 51.9 Å². The fourth-order valence-electron chi connectivity index (χ4n) is 4.62. The predicted octanol–water partition coefficient (Wildman–Crippen LogP) is 0.931. The van der Waals surface area contributed by atoms with E-state index in [1.807, 2.05) is 9.80 Å². The maximum absolute atomic E-state index is 13.1. The third kappa shape index (κ3) is 3.12. The Hall–Kier alpha value is -1.34. The van der Waals surface area contributed by atoms with Crippen LogP contribution in [0.4, 0.5) is 4.79 Å². The minimum atomic E-state index is -0.182. The number of amides is 3. The number of methoxy groups -OCH3 is 1. The van der Waals surface area contributed by atoms with Crippen LogP contribution in [0.15, 0.2) is 0 Å². The Morgan fingerprint density at radius 1 is 1.28 bits per heavy atom. The normalized spacial score (nSPS) is 30.8. The second-order valence-corrected chi connectivity index (χ2v) is 7.92. The molecule has 1 atom stereocenters. The molecule has 3 heterocycles. The lowest BCUT2D eigenvalue weighted by atomic mass is 9.92. The van der Waals surface area contributed by atoms with Crippen LogP contribution in [0.3, 0.4) is 0 Å².